The Balaban J connectivity index is 0.00000171. The molecule has 0 unspecified atom stereocenters. The molecule has 0 bridgehead atoms. The molecule has 8 rings (SSSR count). The van der Waals surface area contributed by atoms with Crippen molar-refractivity contribution in [2.24, 2.45) is 0 Å². The number of rotatable bonds is 11. The number of nitrogens with zero attached hydrogens (tertiary/aromatic N) is 7. The molecule has 0 saturated carbocycles. The van der Waals surface area contributed by atoms with Gasteiger partial charge in [-0.05, 0) is 94.3 Å². The Bertz CT molecular complexity index is 2210. The quantitative estimate of drug-likeness (QED) is 0.101. The van der Waals surface area contributed by atoms with Crippen molar-refractivity contribution in [3.05, 3.63) is 89.2 Å². The van der Waals surface area contributed by atoms with Crippen molar-refractivity contribution in [1.29, 1.82) is 0 Å². The molecule has 3 aliphatic rings. The van der Waals surface area contributed by atoms with Crippen LogP contribution in [0.3, 0.4) is 0 Å². The van der Waals surface area contributed by atoms with Gasteiger partial charge in [0, 0.05) is 42.2 Å². The van der Waals surface area contributed by atoms with Crippen LogP contribution in [0, 0.1) is 0 Å². The Morgan fingerprint density at radius 2 is 1.71 bits per heavy atom. The maximum Gasteiger partial charge on any atom is 0.320 e. The lowest BCUT2D eigenvalue weighted by atomic mass is 9.85. The predicted molar refractivity (Wildman–Crippen MR) is 226 cm³/mol. The number of carbonyl (C=O) groups is 2. The molecule has 314 valence electrons. The van der Waals surface area contributed by atoms with E-state index in [4.69, 9.17) is 24.5 Å². The van der Waals surface area contributed by atoms with E-state index in [2.05, 4.69) is 70.5 Å². The molecule has 3 aromatic heterocycles. The molecule has 15 nitrogen and oxygen atoms in total. The lowest BCUT2D eigenvalue weighted by Crippen LogP contribution is -2.38. The summed E-state index contributed by atoms with van der Waals surface area (Å²) in [6, 6.07) is 19.6. The highest BCUT2D eigenvalue weighted by atomic mass is 16.5. The number of amides is 2. The highest BCUT2D eigenvalue weighted by molar-refractivity contribution is 5.89. The van der Waals surface area contributed by atoms with Crippen LogP contribution in [-0.4, -0.2) is 90.8 Å². The van der Waals surface area contributed by atoms with Gasteiger partial charge in [-0.3, -0.25) is 19.4 Å². The predicted octanol–water partition coefficient (Wildman–Crippen LogP) is 7.04. The first-order chi connectivity index (χ1) is 28.6. The van der Waals surface area contributed by atoms with Gasteiger partial charge in [0.2, 0.25) is 5.95 Å². The number of aliphatic hydroxyl groups is 1. The molecule has 2 fully saturated rings. The molecule has 1 aliphatic carbocycles. The number of benzene rings is 2. The summed E-state index contributed by atoms with van der Waals surface area (Å²) in [4.78, 5) is 27.0. The Morgan fingerprint density at radius 1 is 0.949 bits per heavy atom. The molecule has 0 spiro atoms. The van der Waals surface area contributed by atoms with Crippen molar-refractivity contribution < 1.29 is 29.3 Å². The number of pyridine rings is 1. The van der Waals surface area contributed by atoms with Gasteiger partial charge in [-0.2, -0.15) is 5.10 Å². The lowest BCUT2D eigenvalue weighted by molar-refractivity contribution is -0.122. The third-order valence-corrected chi connectivity index (χ3v) is 11.5. The summed E-state index contributed by atoms with van der Waals surface area (Å²) in [5.41, 5.74) is 4.90. The number of aromatic nitrogens is 5. The Labute approximate surface area is 345 Å². The number of piperidine rings is 1. The minimum absolute atomic E-state index is 0.135. The average Bonchev–Trinajstić information content (AvgIpc) is 4.00. The number of anilines is 2. The van der Waals surface area contributed by atoms with Crippen molar-refractivity contribution in [2.45, 2.75) is 103 Å². The second kappa shape index (κ2) is 18.5. The third-order valence-electron chi connectivity index (χ3n) is 11.5. The molecule has 5 heterocycles. The van der Waals surface area contributed by atoms with E-state index in [1.165, 1.54) is 19.3 Å². The number of fused-ring (bicyclic) bond motifs is 2. The highest BCUT2D eigenvalue weighted by Crippen LogP contribution is 2.39. The standard InChI is InChI=1S/C43H55N9O4.CH2O2/c1-29-11-7-8-22-50(29)42-47-46-39-19-16-32(27-51(39)42)56-36-18-17-35(33-12-5-6-13-34(33)36)44-41(54)45-40-26-38(43(2,3)4)48-52(40)31-15-14-30(28-53)37(25-31)55-24-23-49-20-9-10-21-49;2-1-3/h5-6,12-16,19,25-27,29,35-36,53H,7-11,17-18,20-24,28H2,1-4H3,(H2,44,45,54);1H,(H,2,3)/t29-,35-,36+;/m0./s1. The van der Waals surface area contributed by atoms with E-state index in [-0.39, 0.29) is 36.7 Å². The minimum atomic E-state index is -0.322. The number of carbonyl (C=O) groups excluding carboxylic acids is 1. The SMILES string of the molecule is C[C@H]1CCCCN1c1nnc2ccc(O[C@@H]3CC[C@H](NC(=O)Nc4cc(C(C)(C)C)nn4-c4ccc(CO)c(OCCN5CCCC5)c4)c4ccccc43)cn12.O=CO. The number of nitrogens with one attached hydrogen (secondary N) is 2. The van der Waals surface area contributed by atoms with Crippen LogP contribution >= 0.6 is 0 Å². The summed E-state index contributed by atoms with van der Waals surface area (Å²) in [5, 5.41) is 37.3. The van der Waals surface area contributed by atoms with Crippen molar-refractivity contribution in [3.63, 3.8) is 0 Å². The molecule has 0 radical (unpaired) electrons. The smallest absolute Gasteiger partial charge is 0.320 e. The molecule has 4 N–H and O–H groups in total. The first-order valence-corrected chi connectivity index (χ1v) is 20.8. The summed E-state index contributed by atoms with van der Waals surface area (Å²) in [7, 11) is 0. The number of carboxylic acid groups (broad SMARTS) is 1. The van der Waals surface area contributed by atoms with E-state index in [1.807, 2.05) is 59.1 Å². The summed E-state index contributed by atoms with van der Waals surface area (Å²) in [5.74, 6) is 2.76. The number of hydrogen-bond acceptors (Lipinski definition) is 10. The van der Waals surface area contributed by atoms with Crippen molar-refractivity contribution in [3.8, 4) is 17.2 Å². The second-order valence-corrected chi connectivity index (χ2v) is 16.6. The van der Waals surface area contributed by atoms with Crippen molar-refractivity contribution in [2.75, 3.05) is 43.0 Å². The van der Waals surface area contributed by atoms with E-state index in [0.717, 1.165) is 85.3 Å². The van der Waals surface area contributed by atoms with E-state index in [0.29, 0.717) is 36.2 Å². The molecule has 3 atom stereocenters. The van der Waals surface area contributed by atoms with Crippen molar-refractivity contribution in [1.82, 2.24) is 34.6 Å². The number of ether oxygens (including phenoxy) is 2. The summed E-state index contributed by atoms with van der Waals surface area (Å²) in [6.45, 7) is 12.7. The number of likely N-dealkylation sites (tertiary alicyclic amines) is 1. The fourth-order valence-corrected chi connectivity index (χ4v) is 8.28. The fourth-order valence-electron chi connectivity index (χ4n) is 8.28. The Morgan fingerprint density at radius 3 is 2.46 bits per heavy atom. The first kappa shape index (κ1) is 41.5. The molecule has 15 heteroatoms. The lowest BCUT2D eigenvalue weighted by Gasteiger charge is -2.33. The van der Waals surface area contributed by atoms with Crippen LogP contribution < -0.4 is 25.0 Å². The molecule has 2 amide bonds. The largest absolute Gasteiger partial charge is 0.492 e. The van der Waals surface area contributed by atoms with Crippen LogP contribution in [0.25, 0.3) is 11.3 Å². The van der Waals surface area contributed by atoms with Gasteiger partial charge in [0.25, 0.3) is 6.47 Å². The monoisotopic (exact) mass is 807 g/mol. The van der Waals surface area contributed by atoms with Crippen LogP contribution in [0.15, 0.2) is 66.9 Å². The number of urea groups is 1. The molecular weight excluding hydrogens is 751 g/mol. The fraction of sp³-hybridized carbons (Fsp3) is 0.477. The Hall–Kier alpha value is -5.67. The molecule has 2 saturated heterocycles. The molecule has 59 heavy (non-hydrogen) atoms. The number of hydrogen-bond donors (Lipinski definition) is 4. The normalized spacial score (nSPS) is 19.4. The summed E-state index contributed by atoms with van der Waals surface area (Å²) >= 11 is 0. The van der Waals surface area contributed by atoms with Gasteiger partial charge in [0.05, 0.1) is 30.2 Å². The van der Waals surface area contributed by atoms with Crippen LogP contribution in [-0.2, 0) is 16.8 Å². The van der Waals surface area contributed by atoms with Gasteiger partial charge in [0.1, 0.15) is 30.0 Å². The van der Waals surface area contributed by atoms with E-state index < -0.39 is 0 Å². The topological polar surface area (TPSA) is 172 Å². The first-order valence-electron chi connectivity index (χ1n) is 20.8. The summed E-state index contributed by atoms with van der Waals surface area (Å²) < 4.78 is 16.7. The van der Waals surface area contributed by atoms with Gasteiger partial charge in [-0.15, -0.1) is 10.2 Å². The zero-order valence-electron chi connectivity index (χ0n) is 34.5. The van der Waals surface area contributed by atoms with Gasteiger partial charge in [-0.25, -0.2) is 9.48 Å². The average molecular weight is 808 g/mol. The van der Waals surface area contributed by atoms with E-state index >= 15 is 0 Å². The maximum absolute atomic E-state index is 13.8. The zero-order chi connectivity index (χ0) is 41.5. The van der Waals surface area contributed by atoms with E-state index in [1.54, 1.807) is 4.68 Å². The molecule has 2 aliphatic heterocycles. The van der Waals surface area contributed by atoms with Crippen LogP contribution in [0.2, 0.25) is 0 Å². The number of aliphatic hydroxyl groups excluding tert-OH is 1. The molecular formula is C44H57N9O6. The van der Waals surface area contributed by atoms with E-state index in [9.17, 15) is 9.90 Å². The van der Waals surface area contributed by atoms with Gasteiger partial charge >= 0.3 is 6.03 Å². The minimum Gasteiger partial charge on any atom is -0.492 e. The van der Waals surface area contributed by atoms with Crippen LogP contribution in [0.5, 0.6) is 11.5 Å². The maximum atomic E-state index is 13.8. The highest BCUT2D eigenvalue weighted by Gasteiger charge is 2.31. The van der Waals surface area contributed by atoms with Gasteiger partial charge in [-0.1, -0.05) is 51.1 Å². The second-order valence-electron chi connectivity index (χ2n) is 16.6. The van der Waals surface area contributed by atoms with Gasteiger partial charge < -0.3 is 29.9 Å². The molecule has 2 aromatic carbocycles. The van der Waals surface area contributed by atoms with Crippen LogP contribution in [0.1, 0.15) is 107 Å². The van der Waals surface area contributed by atoms with Gasteiger partial charge in [0.15, 0.2) is 5.65 Å². The zero-order valence-corrected chi connectivity index (χ0v) is 34.5. The summed E-state index contributed by atoms with van der Waals surface area (Å²) in [6.07, 6.45) is 9.23. The molecule has 5 aromatic rings. The third kappa shape index (κ3) is 9.63. The Kier molecular flexibility index (Phi) is 13.0. The van der Waals surface area contributed by atoms with Crippen molar-refractivity contribution >= 4 is 29.9 Å². The van der Waals surface area contributed by atoms with Crippen LogP contribution in [0.4, 0.5) is 16.6 Å².